The highest BCUT2D eigenvalue weighted by atomic mass is 127. The van der Waals surface area contributed by atoms with Gasteiger partial charge in [0, 0.05) is 19.3 Å². The number of pyridine rings is 1. The molecule has 5 nitrogen and oxygen atoms in total. The molecular weight excluding hydrogens is 449 g/mol. The average molecular weight is 480 g/mol. The Morgan fingerprint density at radius 2 is 2.08 bits per heavy atom. The summed E-state index contributed by atoms with van der Waals surface area (Å²) in [6.07, 6.45) is 5.59. The van der Waals surface area contributed by atoms with Crippen LogP contribution in [0.4, 0.5) is 0 Å². The van der Waals surface area contributed by atoms with Crippen molar-refractivity contribution in [1.82, 2.24) is 20.5 Å². The Balaban J connectivity index is 0.00000312. The third-order valence-electron chi connectivity index (χ3n) is 4.37. The normalized spacial score (nSPS) is 16.4. The van der Waals surface area contributed by atoms with Gasteiger partial charge in [-0.1, -0.05) is 24.6 Å². The summed E-state index contributed by atoms with van der Waals surface area (Å²) >= 11 is 5.80. The number of nitrogens with zero attached hydrogens (tertiary/aromatic N) is 3. The first kappa shape index (κ1) is 22.4. The van der Waals surface area contributed by atoms with Gasteiger partial charge in [0.25, 0.3) is 0 Å². The van der Waals surface area contributed by atoms with Crippen molar-refractivity contribution in [3.05, 3.63) is 29.0 Å². The van der Waals surface area contributed by atoms with E-state index in [1.807, 2.05) is 6.07 Å². The quantitative estimate of drug-likeness (QED) is 0.207. The minimum absolute atomic E-state index is 0. The van der Waals surface area contributed by atoms with E-state index in [4.69, 9.17) is 11.6 Å². The minimum Gasteiger partial charge on any atom is -0.357 e. The predicted octanol–water partition coefficient (Wildman–Crippen LogP) is 3.53. The highest BCUT2D eigenvalue weighted by Crippen LogP contribution is 2.15. The van der Waals surface area contributed by atoms with Crippen LogP contribution in [0.5, 0.6) is 0 Å². The van der Waals surface area contributed by atoms with Gasteiger partial charge in [-0.15, -0.1) is 24.0 Å². The van der Waals surface area contributed by atoms with Gasteiger partial charge in [0.15, 0.2) is 5.96 Å². The summed E-state index contributed by atoms with van der Waals surface area (Å²) in [5, 5.41) is 7.22. The van der Waals surface area contributed by atoms with Crippen molar-refractivity contribution < 1.29 is 0 Å². The van der Waals surface area contributed by atoms with Crippen molar-refractivity contribution in [2.24, 2.45) is 10.9 Å². The van der Waals surface area contributed by atoms with Gasteiger partial charge in [-0.2, -0.15) is 0 Å². The van der Waals surface area contributed by atoms with E-state index in [1.54, 1.807) is 12.3 Å². The molecule has 2 heterocycles. The molecule has 0 bridgehead atoms. The van der Waals surface area contributed by atoms with E-state index >= 15 is 0 Å². The second-order valence-corrected chi connectivity index (χ2v) is 6.88. The first-order chi connectivity index (χ1) is 11.7. The summed E-state index contributed by atoms with van der Waals surface area (Å²) in [7, 11) is 0. The van der Waals surface area contributed by atoms with Crippen LogP contribution < -0.4 is 10.6 Å². The zero-order chi connectivity index (χ0) is 17.2. The highest BCUT2D eigenvalue weighted by Gasteiger charge is 2.14. The van der Waals surface area contributed by atoms with Gasteiger partial charge in [0.05, 0.1) is 6.54 Å². The number of likely N-dealkylation sites (tertiary alicyclic amines) is 1. The smallest absolute Gasteiger partial charge is 0.191 e. The Morgan fingerprint density at radius 1 is 1.32 bits per heavy atom. The number of guanidine groups is 1. The lowest BCUT2D eigenvalue weighted by molar-refractivity contribution is 0.191. The van der Waals surface area contributed by atoms with E-state index < -0.39 is 0 Å². The van der Waals surface area contributed by atoms with Crippen LogP contribution in [0.25, 0.3) is 0 Å². The molecule has 0 amide bonds. The molecule has 2 rings (SSSR count). The average Bonchev–Trinajstić information content (AvgIpc) is 2.59. The van der Waals surface area contributed by atoms with Crippen LogP contribution >= 0.6 is 35.6 Å². The molecule has 0 aromatic carbocycles. The fourth-order valence-corrected chi connectivity index (χ4v) is 2.92. The summed E-state index contributed by atoms with van der Waals surface area (Å²) in [6, 6.07) is 3.76. The summed E-state index contributed by atoms with van der Waals surface area (Å²) in [4.78, 5) is 11.3. The van der Waals surface area contributed by atoms with Crippen molar-refractivity contribution >= 4 is 41.5 Å². The van der Waals surface area contributed by atoms with E-state index in [0.29, 0.717) is 11.7 Å². The zero-order valence-corrected chi connectivity index (χ0v) is 18.4. The zero-order valence-electron chi connectivity index (χ0n) is 15.3. The molecule has 1 fully saturated rings. The van der Waals surface area contributed by atoms with Crippen molar-refractivity contribution in [2.75, 3.05) is 32.7 Å². The third kappa shape index (κ3) is 9.06. The Hall–Kier alpha value is -0.600. The fraction of sp³-hybridized carbons (Fsp3) is 0.667. The number of hydrogen-bond acceptors (Lipinski definition) is 3. The van der Waals surface area contributed by atoms with Crippen molar-refractivity contribution in [3.63, 3.8) is 0 Å². The van der Waals surface area contributed by atoms with Crippen LogP contribution in [0, 0.1) is 5.92 Å². The van der Waals surface area contributed by atoms with Crippen LogP contribution in [-0.2, 0) is 6.54 Å². The van der Waals surface area contributed by atoms with Crippen LogP contribution in [0.3, 0.4) is 0 Å². The maximum Gasteiger partial charge on any atom is 0.191 e. The number of hydrogen-bond donors (Lipinski definition) is 2. The predicted molar refractivity (Wildman–Crippen MR) is 117 cm³/mol. The molecule has 7 heteroatoms. The molecule has 1 aliphatic rings. The highest BCUT2D eigenvalue weighted by molar-refractivity contribution is 14.0. The summed E-state index contributed by atoms with van der Waals surface area (Å²) in [6.45, 7) is 10.5. The van der Waals surface area contributed by atoms with E-state index in [0.717, 1.165) is 37.0 Å². The Morgan fingerprint density at radius 3 is 2.72 bits per heavy atom. The molecule has 0 aliphatic carbocycles. The number of halogens is 2. The van der Waals surface area contributed by atoms with Gasteiger partial charge in [0.1, 0.15) is 5.15 Å². The van der Waals surface area contributed by atoms with Crippen LogP contribution in [0.15, 0.2) is 23.3 Å². The molecule has 0 spiro atoms. The fourth-order valence-electron chi connectivity index (χ4n) is 2.81. The summed E-state index contributed by atoms with van der Waals surface area (Å²) in [5.41, 5.74) is 1.05. The van der Waals surface area contributed by atoms with Gasteiger partial charge in [-0.3, -0.25) is 0 Å². The largest absolute Gasteiger partial charge is 0.357 e. The number of aliphatic imine (C=N–C) groups is 1. The lowest BCUT2D eigenvalue weighted by Crippen LogP contribution is -2.39. The number of aromatic nitrogens is 1. The summed E-state index contributed by atoms with van der Waals surface area (Å²) < 4.78 is 0. The number of nitrogens with one attached hydrogen (secondary N) is 2. The van der Waals surface area contributed by atoms with Gasteiger partial charge in [-0.25, -0.2) is 9.98 Å². The molecule has 0 radical (unpaired) electrons. The minimum atomic E-state index is 0. The van der Waals surface area contributed by atoms with Gasteiger partial charge < -0.3 is 15.5 Å². The molecule has 0 saturated carbocycles. The molecule has 25 heavy (non-hydrogen) atoms. The van der Waals surface area contributed by atoms with Gasteiger partial charge >= 0.3 is 0 Å². The number of piperidine rings is 1. The van der Waals surface area contributed by atoms with Crippen LogP contribution in [0.1, 0.15) is 38.7 Å². The Labute approximate surface area is 174 Å². The van der Waals surface area contributed by atoms with Crippen LogP contribution in [0.2, 0.25) is 5.15 Å². The topological polar surface area (TPSA) is 52.6 Å². The SMILES string of the molecule is CCNC(=NCc1ccc(Cl)nc1)NCCCN1CCC(C)CC1.I. The molecule has 1 aromatic rings. The second kappa shape index (κ2) is 12.7. The summed E-state index contributed by atoms with van der Waals surface area (Å²) in [5.74, 6) is 1.76. The Kier molecular flexibility index (Phi) is 11.4. The standard InChI is InChI=1S/C18H30ClN5.HI/c1-3-20-18(23-14-16-5-6-17(19)22-13-16)21-9-4-10-24-11-7-15(2)8-12-24;/h5-6,13,15H,3-4,7-12,14H2,1-2H3,(H2,20,21,23);1H. The lowest BCUT2D eigenvalue weighted by atomic mass is 9.99. The monoisotopic (exact) mass is 479 g/mol. The van der Waals surface area contributed by atoms with Crippen molar-refractivity contribution in [3.8, 4) is 0 Å². The van der Waals surface area contributed by atoms with E-state index in [2.05, 4.69) is 39.4 Å². The molecule has 0 unspecified atom stereocenters. The molecule has 1 saturated heterocycles. The molecule has 1 aliphatic heterocycles. The molecule has 0 atom stereocenters. The van der Waals surface area contributed by atoms with Gasteiger partial charge in [0.2, 0.25) is 0 Å². The van der Waals surface area contributed by atoms with Crippen molar-refractivity contribution in [1.29, 1.82) is 0 Å². The van der Waals surface area contributed by atoms with E-state index in [9.17, 15) is 0 Å². The first-order valence-electron chi connectivity index (χ1n) is 9.02. The second-order valence-electron chi connectivity index (χ2n) is 6.49. The number of rotatable bonds is 7. The maximum atomic E-state index is 5.80. The van der Waals surface area contributed by atoms with Crippen molar-refractivity contribution in [2.45, 2.75) is 39.7 Å². The van der Waals surface area contributed by atoms with E-state index in [1.165, 1.54) is 32.5 Å². The molecule has 2 N–H and O–H groups in total. The van der Waals surface area contributed by atoms with Gasteiger partial charge in [-0.05, 0) is 63.4 Å². The third-order valence-corrected chi connectivity index (χ3v) is 4.60. The van der Waals surface area contributed by atoms with Crippen LogP contribution in [-0.4, -0.2) is 48.6 Å². The first-order valence-corrected chi connectivity index (χ1v) is 9.40. The maximum absolute atomic E-state index is 5.80. The Bertz CT molecular complexity index is 501. The lowest BCUT2D eigenvalue weighted by Gasteiger charge is -2.30. The molecule has 1 aromatic heterocycles. The molecular formula is C18H31ClIN5. The van der Waals surface area contributed by atoms with E-state index in [-0.39, 0.29) is 24.0 Å². The molecule has 142 valence electrons.